The minimum atomic E-state index is -1.51. The quantitative estimate of drug-likeness (QED) is 0.350. The largest absolute Gasteiger partial charge is 0.394 e. The minimum Gasteiger partial charge on any atom is -0.394 e. The molecule has 0 radical (unpaired) electrons. The van der Waals surface area contributed by atoms with Crippen molar-refractivity contribution in [1.29, 1.82) is 0 Å². The molecular weight excluding hydrogens is 340 g/mol. The van der Waals surface area contributed by atoms with Gasteiger partial charge in [0, 0.05) is 0 Å². The van der Waals surface area contributed by atoms with Gasteiger partial charge in [-0.05, 0) is 49.5 Å². The Labute approximate surface area is 153 Å². The Morgan fingerprint density at radius 2 is 1.77 bits per heavy atom. The van der Waals surface area contributed by atoms with Crippen molar-refractivity contribution in [2.45, 2.75) is 56.6 Å². The zero-order chi connectivity index (χ0) is 19.4. The molecule has 7 nitrogen and oxygen atoms in total. The number of hydrogen-bond donors (Lipinski definition) is 5. The van der Waals surface area contributed by atoms with Gasteiger partial charge in [-0.1, -0.05) is 17.9 Å². The zero-order valence-corrected chi connectivity index (χ0v) is 14.5. The summed E-state index contributed by atoms with van der Waals surface area (Å²) in [5, 5.41) is 47.9. The van der Waals surface area contributed by atoms with Crippen LogP contribution in [0.4, 0.5) is 0 Å². The standard InChI is InChI=1S/C19H24O7/c1-2-3-4-5-6-7-8-9-10-11-14(12-20)25-19-18(24)17(23)16(22)15(13-21)26-19/h8-9,14-24H,10-13H2,1H3/t14?,15-,16-,17+,18-,19-/m1/s1. The second-order valence-corrected chi connectivity index (χ2v) is 5.51. The lowest BCUT2D eigenvalue weighted by Crippen LogP contribution is -2.59. The van der Waals surface area contributed by atoms with E-state index in [0.717, 1.165) is 0 Å². The van der Waals surface area contributed by atoms with Gasteiger partial charge in [0.2, 0.25) is 0 Å². The number of rotatable bonds is 7. The van der Waals surface area contributed by atoms with Gasteiger partial charge in [-0.3, -0.25) is 0 Å². The Hall–Kier alpha value is -1.86. The van der Waals surface area contributed by atoms with Crippen LogP contribution < -0.4 is 0 Å². The van der Waals surface area contributed by atoms with Crippen LogP contribution in [-0.2, 0) is 9.47 Å². The Kier molecular flexibility index (Phi) is 10.7. The summed E-state index contributed by atoms with van der Waals surface area (Å²) in [5.41, 5.74) is 0. The van der Waals surface area contributed by atoms with Crippen LogP contribution in [0.5, 0.6) is 0 Å². The van der Waals surface area contributed by atoms with Crippen molar-refractivity contribution in [2.24, 2.45) is 0 Å². The number of ether oxygens (including phenoxy) is 2. The Morgan fingerprint density at radius 3 is 2.42 bits per heavy atom. The van der Waals surface area contributed by atoms with Crippen LogP contribution in [0.1, 0.15) is 19.8 Å². The van der Waals surface area contributed by atoms with E-state index in [1.165, 1.54) is 0 Å². The number of hydrogen-bond acceptors (Lipinski definition) is 7. The van der Waals surface area contributed by atoms with Crippen molar-refractivity contribution < 1.29 is 35.0 Å². The van der Waals surface area contributed by atoms with Gasteiger partial charge in [0.1, 0.15) is 24.4 Å². The smallest absolute Gasteiger partial charge is 0.187 e. The molecule has 1 unspecified atom stereocenters. The SMILES string of the molecule is CC#CC#CC#CC=CCCC(CO)O[C@@H]1O[C@H](CO)[C@@H](O)[C@H](O)[C@H]1O. The van der Waals surface area contributed by atoms with Gasteiger partial charge in [-0.2, -0.15) is 0 Å². The van der Waals surface area contributed by atoms with Crippen LogP contribution >= 0.6 is 0 Å². The molecule has 0 aliphatic carbocycles. The molecule has 6 atom stereocenters. The first-order chi connectivity index (χ1) is 12.5. The first kappa shape index (κ1) is 22.2. The number of aliphatic hydroxyl groups is 5. The van der Waals surface area contributed by atoms with E-state index in [9.17, 15) is 20.4 Å². The summed E-state index contributed by atoms with van der Waals surface area (Å²) in [7, 11) is 0. The molecule has 0 saturated carbocycles. The molecule has 1 aliphatic rings. The van der Waals surface area contributed by atoms with E-state index in [1.54, 1.807) is 19.1 Å². The van der Waals surface area contributed by atoms with Crippen LogP contribution in [-0.4, -0.2) is 75.6 Å². The lowest BCUT2D eigenvalue weighted by Gasteiger charge is -2.40. The summed E-state index contributed by atoms with van der Waals surface area (Å²) in [6.07, 6.45) is -3.07. The maximum absolute atomic E-state index is 9.92. The molecule has 142 valence electrons. The molecule has 26 heavy (non-hydrogen) atoms. The van der Waals surface area contributed by atoms with E-state index in [1.807, 2.05) is 0 Å². The molecule has 5 N–H and O–H groups in total. The Bertz CT molecular complexity index is 623. The predicted molar refractivity (Wildman–Crippen MR) is 93.1 cm³/mol. The monoisotopic (exact) mass is 364 g/mol. The van der Waals surface area contributed by atoms with Gasteiger partial charge in [-0.25, -0.2) is 0 Å². The molecule has 7 heteroatoms. The van der Waals surface area contributed by atoms with Gasteiger partial charge < -0.3 is 35.0 Å². The highest BCUT2D eigenvalue weighted by atomic mass is 16.7. The maximum Gasteiger partial charge on any atom is 0.187 e. The Balaban J connectivity index is 2.48. The third-order valence-corrected chi connectivity index (χ3v) is 3.62. The summed E-state index contributed by atoms with van der Waals surface area (Å²) < 4.78 is 10.7. The van der Waals surface area contributed by atoms with E-state index >= 15 is 0 Å². The molecular formula is C19H24O7. The average molecular weight is 364 g/mol. The molecule has 0 aromatic heterocycles. The molecule has 0 aromatic carbocycles. The highest BCUT2D eigenvalue weighted by molar-refractivity contribution is 5.37. The highest BCUT2D eigenvalue weighted by Crippen LogP contribution is 2.23. The Morgan fingerprint density at radius 1 is 1.04 bits per heavy atom. The van der Waals surface area contributed by atoms with Crippen LogP contribution in [0.15, 0.2) is 12.2 Å². The van der Waals surface area contributed by atoms with E-state index in [4.69, 9.17) is 14.6 Å². The summed E-state index contributed by atoms with van der Waals surface area (Å²) in [6.45, 7) is 0.824. The molecule has 0 aromatic rings. The van der Waals surface area contributed by atoms with Crippen molar-refractivity contribution in [1.82, 2.24) is 0 Å². The predicted octanol–water partition coefficient (Wildman–Crippen LogP) is -1.47. The number of aliphatic hydroxyl groups excluding tert-OH is 5. The second kappa shape index (κ2) is 12.5. The fourth-order valence-electron chi connectivity index (χ4n) is 2.20. The van der Waals surface area contributed by atoms with Crippen LogP contribution in [0.2, 0.25) is 0 Å². The molecule has 1 fully saturated rings. The summed E-state index contributed by atoms with van der Waals surface area (Å²) in [6, 6.07) is 0. The van der Waals surface area contributed by atoms with Gasteiger partial charge in [0.15, 0.2) is 6.29 Å². The molecule has 1 rings (SSSR count). The molecule has 0 spiro atoms. The van der Waals surface area contributed by atoms with Crippen LogP contribution in [0.25, 0.3) is 0 Å². The van der Waals surface area contributed by atoms with E-state index < -0.39 is 43.4 Å². The highest BCUT2D eigenvalue weighted by Gasteiger charge is 2.44. The topological polar surface area (TPSA) is 120 Å². The first-order valence-electron chi connectivity index (χ1n) is 8.19. The van der Waals surface area contributed by atoms with E-state index in [-0.39, 0.29) is 6.61 Å². The summed E-state index contributed by atoms with van der Waals surface area (Å²) in [4.78, 5) is 0. The molecule has 0 bridgehead atoms. The third kappa shape index (κ3) is 7.17. The van der Waals surface area contributed by atoms with Crippen molar-refractivity contribution in [3.63, 3.8) is 0 Å². The fraction of sp³-hybridized carbons (Fsp3) is 0.579. The van der Waals surface area contributed by atoms with Gasteiger partial charge in [-0.15, -0.1) is 0 Å². The second-order valence-electron chi connectivity index (χ2n) is 5.51. The zero-order valence-electron chi connectivity index (χ0n) is 14.5. The van der Waals surface area contributed by atoms with E-state index in [2.05, 4.69) is 35.5 Å². The molecule has 1 heterocycles. The minimum absolute atomic E-state index is 0.324. The fourth-order valence-corrected chi connectivity index (χ4v) is 2.20. The number of allylic oxidation sites excluding steroid dienone is 2. The van der Waals surface area contributed by atoms with Gasteiger partial charge >= 0.3 is 0 Å². The molecule has 1 saturated heterocycles. The summed E-state index contributed by atoms with van der Waals surface area (Å²) >= 11 is 0. The average Bonchev–Trinajstić information content (AvgIpc) is 2.65. The molecule has 0 amide bonds. The molecule has 1 aliphatic heterocycles. The van der Waals surface area contributed by atoms with E-state index in [0.29, 0.717) is 12.8 Å². The van der Waals surface area contributed by atoms with Gasteiger partial charge in [0.05, 0.1) is 19.3 Å². The lowest BCUT2D eigenvalue weighted by molar-refractivity contribution is -0.313. The lowest BCUT2D eigenvalue weighted by atomic mass is 9.99. The first-order valence-corrected chi connectivity index (χ1v) is 8.19. The van der Waals surface area contributed by atoms with Crippen LogP contribution in [0, 0.1) is 35.5 Å². The van der Waals surface area contributed by atoms with Crippen LogP contribution in [0.3, 0.4) is 0 Å². The van der Waals surface area contributed by atoms with Gasteiger partial charge in [0.25, 0.3) is 0 Å². The van der Waals surface area contributed by atoms with Crippen molar-refractivity contribution in [2.75, 3.05) is 13.2 Å². The normalized spacial score (nSPS) is 28.9. The van der Waals surface area contributed by atoms with Crippen molar-refractivity contribution >= 4 is 0 Å². The maximum atomic E-state index is 9.92. The van der Waals surface area contributed by atoms with Crippen molar-refractivity contribution in [3.8, 4) is 35.5 Å². The van der Waals surface area contributed by atoms with Crippen molar-refractivity contribution in [3.05, 3.63) is 12.2 Å². The third-order valence-electron chi connectivity index (χ3n) is 3.62. The summed E-state index contributed by atoms with van der Waals surface area (Å²) in [5.74, 6) is 15.6.